The van der Waals surface area contributed by atoms with Crippen molar-refractivity contribution in [2.75, 3.05) is 6.61 Å². The summed E-state index contributed by atoms with van der Waals surface area (Å²) in [7, 11) is 0. The molecule has 2 heterocycles. The van der Waals surface area contributed by atoms with Crippen molar-refractivity contribution < 1.29 is 4.74 Å². The van der Waals surface area contributed by atoms with E-state index in [0.29, 0.717) is 22.5 Å². The topological polar surface area (TPSA) is 39.9 Å². The highest BCUT2D eigenvalue weighted by atomic mass is 35.5. The molecule has 6 heteroatoms. The first-order valence-corrected chi connectivity index (χ1v) is 11.2. The Labute approximate surface area is 196 Å². The van der Waals surface area contributed by atoms with Gasteiger partial charge in [-0.2, -0.15) is 0 Å². The summed E-state index contributed by atoms with van der Waals surface area (Å²) in [6.07, 6.45) is 0.759. The van der Waals surface area contributed by atoms with Gasteiger partial charge in [0.05, 0.1) is 33.4 Å². The van der Waals surface area contributed by atoms with Gasteiger partial charge in [0, 0.05) is 28.5 Å². The average Bonchev–Trinajstić information content (AvgIpc) is 3.08. The van der Waals surface area contributed by atoms with Crippen molar-refractivity contribution in [1.29, 1.82) is 0 Å². The molecule has 32 heavy (non-hydrogen) atoms. The van der Waals surface area contributed by atoms with Crippen molar-refractivity contribution in [3.8, 4) is 11.6 Å². The van der Waals surface area contributed by atoms with E-state index < -0.39 is 0 Å². The lowest BCUT2D eigenvalue weighted by Gasteiger charge is -2.09. The number of fused-ring (bicyclic) bond motifs is 2. The maximum atomic E-state index is 6.19. The van der Waals surface area contributed by atoms with Crippen LogP contribution in [0.15, 0.2) is 66.7 Å². The lowest BCUT2D eigenvalue weighted by molar-refractivity contribution is 0.306. The van der Waals surface area contributed by atoms with Crippen LogP contribution in [0.3, 0.4) is 0 Å². The van der Waals surface area contributed by atoms with Gasteiger partial charge in [0.2, 0.25) is 5.88 Å². The number of benzene rings is 3. The van der Waals surface area contributed by atoms with E-state index in [1.54, 1.807) is 12.1 Å². The van der Waals surface area contributed by atoms with Crippen molar-refractivity contribution in [2.45, 2.75) is 20.3 Å². The molecular weight excluding hydrogens is 441 g/mol. The standard InChI is InChI=1S/C26H21Cl2N3O/c1-16-17(2)31(20-10-11-22(27)23(28)15-20)30-26(16)32-13-12-18-7-5-9-25-21(18)14-19-6-3-4-8-24(19)29-25/h3-11,14-15H,12-13H2,1-2H3. The van der Waals surface area contributed by atoms with Crippen LogP contribution in [0.2, 0.25) is 10.0 Å². The van der Waals surface area contributed by atoms with Gasteiger partial charge in [-0.15, -0.1) is 5.10 Å². The maximum absolute atomic E-state index is 6.19. The smallest absolute Gasteiger partial charge is 0.236 e. The van der Waals surface area contributed by atoms with Crippen molar-refractivity contribution in [1.82, 2.24) is 14.8 Å². The molecule has 0 spiro atoms. The molecule has 0 aliphatic rings. The molecule has 160 valence electrons. The van der Waals surface area contributed by atoms with Crippen LogP contribution < -0.4 is 4.74 Å². The highest BCUT2D eigenvalue weighted by Gasteiger charge is 2.15. The molecule has 0 N–H and O–H groups in total. The Bertz CT molecular complexity index is 1460. The Morgan fingerprint density at radius 2 is 1.69 bits per heavy atom. The van der Waals surface area contributed by atoms with E-state index in [4.69, 9.17) is 32.9 Å². The van der Waals surface area contributed by atoms with E-state index in [1.165, 1.54) is 5.56 Å². The molecule has 0 aliphatic carbocycles. The number of aromatic nitrogens is 3. The van der Waals surface area contributed by atoms with Crippen LogP contribution in [0.1, 0.15) is 16.8 Å². The highest BCUT2D eigenvalue weighted by molar-refractivity contribution is 6.42. The average molecular weight is 462 g/mol. The number of halogens is 2. The molecule has 0 bridgehead atoms. The largest absolute Gasteiger partial charge is 0.476 e. The number of ether oxygens (including phenoxy) is 1. The van der Waals surface area contributed by atoms with Crippen LogP contribution in [0.4, 0.5) is 0 Å². The lowest BCUT2D eigenvalue weighted by Crippen LogP contribution is -2.04. The Morgan fingerprint density at radius 1 is 0.875 bits per heavy atom. The Kier molecular flexibility index (Phi) is 5.50. The maximum Gasteiger partial charge on any atom is 0.236 e. The Balaban J connectivity index is 1.38. The van der Waals surface area contributed by atoms with Gasteiger partial charge in [0.15, 0.2) is 0 Å². The molecule has 2 aromatic heterocycles. The van der Waals surface area contributed by atoms with Gasteiger partial charge in [0.25, 0.3) is 0 Å². The van der Waals surface area contributed by atoms with E-state index in [1.807, 2.05) is 48.9 Å². The third-order valence-electron chi connectivity index (χ3n) is 5.78. The molecule has 0 amide bonds. The number of nitrogens with zero attached hydrogens (tertiary/aromatic N) is 3. The minimum Gasteiger partial charge on any atom is -0.476 e. The zero-order valence-corrected chi connectivity index (χ0v) is 19.3. The predicted octanol–water partition coefficient (Wildman–Crippen LogP) is 7.12. The van der Waals surface area contributed by atoms with Gasteiger partial charge in [-0.1, -0.05) is 53.5 Å². The van der Waals surface area contributed by atoms with Crippen molar-refractivity contribution >= 4 is 45.0 Å². The quantitative estimate of drug-likeness (QED) is 0.261. The van der Waals surface area contributed by atoms with E-state index in [2.05, 4.69) is 29.4 Å². The second-order valence-corrected chi connectivity index (χ2v) is 8.60. The monoisotopic (exact) mass is 461 g/mol. The van der Waals surface area contributed by atoms with E-state index >= 15 is 0 Å². The van der Waals surface area contributed by atoms with Crippen LogP contribution in [0.5, 0.6) is 5.88 Å². The number of rotatable bonds is 5. The molecule has 5 aromatic rings. The summed E-state index contributed by atoms with van der Waals surface area (Å²) < 4.78 is 7.94. The molecule has 0 saturated carbocycles. The summed E-state index contributed by atoms with van der Waals surface area (Å²) in [6, 6.07) is 22.1. The summed E-state index contributed by atoms with van der Waals surface area (Å²) in [5, 5.41) is 7.98. The van der Waals surface area contributed by atoms with Gasteiger partial charge in [-0.25, -0.2) is 9.67 Å². The summed E-state index contributed by atoms with van der Waals surface area (Å²) >= 11 is 12.2. The third kappa shape index (κ3) is 3.81. The summed E-state index contributed by atoms with van der Waals surface area (Å²) in [5.41, 5.74) is 6.06. The molecule has 5 rings (SSSR count). The van der Waals surface area contributed by atoms with Crippen molar-refractivity contribution in [3.05, 3.63) is 93.6 Å². The number of para-hydroxylation sites is 1. The Morgan fingerprint density at radius 3 is 2.53 bits per heavy atom. The van der Waals surface area contributed by atoms with Crippen LogP contribution in [-0.4, -0.2) is 21.4 Å². The highest BCUT2D eigenvalue weighted by Crippen LogP contribution is 2.28. The van der Waals surface area contributed by atoms with Gasteiger partial charge >= 0.3 is 0 Å². The molecule has 0 unspecified atom stereocenters. The molecule has 4 nitrogen and oxygen atoms in total. The van der Waals surface area contributed by atoms with E-state index in [9.17, 15) is 0 Å². The minimum absolute atomic E-state index is 0.497. The second kappa shape index (κ2) is 8.45. The van der Waals surface area contributed by atoms with Crippen molar-refractivity contribution in [2.24, 2.45) is 0 Å². The first-order valence-electron chi connectivity index (χ1n) is 10.4. The minimum atomic E-state index is 0.497. The zero-order chi connectivity index (χ0) is 22.2. The second-order valence-electron chi connectivity index (χ2n) is 7.79. The molecule has 0 atom stereocenters. The number of pyridine rings is 1. The molecule has 0 saturated heterocycles. The van der Waals surface area contributed by atoms with Crippen LogP contribution in [0, 0.1) is 13.8 Å². The molecule has 0 fully saturated rings. The van der Waals surface area contributed by atoms with Crippen LogP contribution >= 0.6 is 23.2 Å². The summed E-state index contributed by atoms with van der Waals surface area (Å²) in [5.74, 6) is 0.623. The predicted molar refractivity (Wildman–Crippen MR) is 132 cm³/mol. The third-order valence-corrected chi connectivity index (χ3v) is 6.52. The fourth-order valence-electron chi connectivity index (χ4n) is 3.90. The van der Waals surface area contributed by atoms with E-state index in [0.717, 1.165) is 45.2 Å². The number of hydrogen-bond acceptors (Lipinski definition) is 3. The fourth-order valence-corrected chi connectivity index (χ4v) is 4.19. The SMILES string of the molecule is Cc1c(OCCc2cccc3nc4ccccc4cc23)nn(-c2ccc(Cl)c(Cl)c2)c1C. The van der Waals surface area contributed by atoms with Gasteiger partial charge in [-0.05, 0) is 55.8 Å². The summed E-state index contributed by atoms with van der Waals surface area (Å²) in [4.78, 5) is 4.80. The van der Waals surface area contributed by atoms with Crippen LogP contribution in [-0.2, 0) is 6.42 Å². The molecule has 0 aliphatic heterocycles. The zero-order valence-electron chi connectivity index (χ0n) is 17.8. The fraction of sp³-hybridized carbons (Fsp3) is 0.154. The van der Waals surface area contributed by atoms with E-state index in [-0.39, 0.29) is 0 Å². The normalized spacial score (nSPS) is 11.4. The Hall–Kier alpha value is -3.08. The first kappa shape index (κ1) is 20.8. The van der Waals surface area contributed by atoms with Gasteiger partial charge in [-0.3, -0.25) is 0 Å². The first-order chi connectivity index (χ1) is 15.5. The molecule has 0 radical (unpaired) electrons. The van der Waals surface area contributed by atoms with Gasteiger partial charge in [0.1, 0.15) is 0 Å². The number of hydrogen-bond donors (Lipinski definition) is 0. The van der Waals surface area contributed by atoms with Gasteiger partial charge < -0.3 is 4.74 Å². The van der Waals surface area contributed by atoms with Crippen LogP contribution in [0.25, 0.3) is 27.5 Å². The molecular formula is C26H21Cl2N3O. The lowest BCUT2D eigenvalue weighted by atomic mass is 10.0. The van der Waals surface area contributed by atoms with Crippen molar-refractivity contribution in [3.63, 3.8) is 0 Å². The summed E-state index contributed by atoms with van der Waals surface area (Å²) in [6.45, 7) is 4.55. The molecule has 3 aromatic carbocycles.